The number of aromatic nitrogens is 4. The molecular formula is C19H17N5O3S. The van der Waals surface area contributed by atoms with Gasteiger partial charge in [-0.1, -0.05) is 35.6 Å². The van der Waals surface area contributed by atoms with E-state index in [0.717, 1.165) is 21.1 Å². The Morgan fingerprint density at radius 3 is 2.61 bits per heavy atom. The second-order valence-corrected chi connectivity index (χ2v) is 6.87. The molecule has 4 rings (SSSR count). The zero-order chi connectivity index (χ0) is 19.5. The van der Waals surface area contributed by atoms with Crippen molar-refractivity contribution < 1.29 is 14.3 Å². The Morgan fingerprint density at radius 2 is 1.89 bits per heavy atom. The second kappa shape index (κ2) is 7.65. The van der Waals surface area contributed by atoms with Crippen LogP contribution in [0.5, 0.6) is 11.5 Å². The highest BCUT2D eigenvalue weighted by atomic mass is 32.1. The van der Waals surface area contributed by atoms with Crippen molar-refractivity contribution in [1.29, 1.82) is 0 Å². The Kier molecular flexibility index (Phi) is 4.90. The minimum atomic E-state index is -0.182. The van der Waals surface area contributed by atoms with Gasteiger partial charge in [-0.05, 0) is 23.8 Å². The van der Waals surface area contributed by atoms with Crippen LogP contribution in [-0.4, -0.2) is 39.9 Å². The molecule has 0 aliphatic carbocycles. The molecule has 8 nitrogen and oxygen atoms in total. The van der Waals surface area contributed by atoms with Gasteiger partial charge in [0.15, 0.2) is 11.5 Å². The highest BCUT2D eigenvalue weighted by Gasteiger charge is 2.11. The summed E-state index contributed by atoms with van der Waals surface area (Å²) in [7, 11) is 3.10. The topological polar surface area (TPSA) is 90.6 Å². The van der Waals surface area contributed by atoms with Crippen LogP contribution >= 0.6 is 11.3 Å². The molecule has 0 fully saturated rings. The summed E-state index contributed by atoms with van der Waals surface area (Å²) in [5.74, 6) is 0.920. The van der Waals surface area contributed by atoms with Crippen LogP contribution < -0.4 is 14.8 Å². The molecule has 0 aliphatic heterocycles. The average Bonchev–Trinajstić information content (AvgIpc) is 3.34. The van der Waals surface area contributed by atoms with E-state index in [4.69, 9.17) is 9.47 Å². The van der Waals surface area contributed by atoms with Crippen molar-refractivity contribution in [1.82, 2.24) is 25.1 Å². The van der Waals surface area contributed by atoms with E-state index in [2.05, 4.69) is 20.6 Å². The number of fused-ring (bicyclic) bond motifs is 1. The predicted molar refractivity (Wildman–Crippen MR) is 105 cm³/mol. The van der Waals surface area contributed by atoms with E-state index in [1.54, 1.807) is 36.2 Å². The number of hydrogen-bond donors (Lipinski definition) is 1. The van der Waals surface area contributed by atoms with Crippen LogP contribution in [0.25, 0.3) is 15.5 Å². The lowest BCUT2D eigenvalue weighted by Gasteiger charge is -2.10. The lowest BCUT2D eigenvalue weighted by atomic mass is 10.1. The van der Waals surface area contributed by atoms with Crippen molar-refractivity contribution in [3.8, 4) is 22.1 Å². The van der Waals surface area contributed by atoms with Gasteiger partial charge < -0.3 is 14.8 Å². The average molecular weight is 395 g/mol. The molecule has 0 spiro atoms. The molecule has 0 atom stereocenters. The molecule has 2 aromatic heterocycles. The molecule has 9 heteroatoms. The van der Waals surface area contributed by atoms with Gasteiger partial charge in [-0.3, -0.25) is 4.79 Å². The number of nitrogens with one attached hydrogen (secondary N) is 1. The lowest BCUT2D eigenvalue weighted by Crippen LogP contribution is -2.22. The number of amides is 1. The van der Waals surface area contributed by atoms with Crippen LogP contribution in [0.3, 0.4) is 0 Å². The zero-order valence-electron chi connectivity index (χ0n) is 15.2. The summed E-state index contributed by atoms with van der Waals surface area (Å²) < 4.78 is 12.1. The Labute approximate surface area is 164 Å². The first-order valence-corrected chi connectivity index (χ1v) is 9.26. The van der Waals surface area contributed by atoms with E-state index >= 15 is 0 Å². The Balaban J connectivity index is 1.42. The fourth-order valence-corrected chi connectivity index (χ4v) is 3.53. The van der Waals surface area contributed by atoms with Gasteiger partial charge in [0.1, 0.15) is 11.3 Å². The SMILES string of the molecule is COc1ccc(C(=O)NCc2ccc(-c3nn4cnnc4s3)cc2)cc1OC. The summed E-state index contributed by atoms with van der Waals surface area (Å²) in [5.41, 5.74) is 2.49. The van der Waals surface area contributed by atoms with E-state index in [1.807, 2.05) is 24.3 Å². The molecule has 1 amide bonds. The molecule has 142 valence electrons. The Hall–Kier alpha value is -3.46. The van der Waals surface area contributed by atoms with E-state index in [9.17, 15) is 4.79 Å². The summed E-state index contributed by atoms with van der Waals surface area (Å²) in [5, 5.41) is 16.0. The highest BCUT2D eigenvalue weighted by Crippen LogP contribution is 2.27. The first-order chi connectivity index (χ1) is 13.7. The molecule has 0 radical (unpaired) electrons. The third-order valence-electron chi connectivity index (χ3n) is 4.19. The molecule has 4 aromatic rings. The maximum Gasteiger partial charge on any atom is 0.251 e. The molecule has 1 N–H and O–H groups in total. The number of methoxy groups -OCH3 is 2. The normalized spacial score (nSPS) is 10.8. The van der Waals surface area contributed by atoms with Gasteiger partial charge in [0.25, 0.3) is 5.91 Å². The second-order valence-electron chi connectivity index (χ2n) is 5.91. The standard InChI is InChI=1S/C19H17N5O3S/c1-26-15-8-7-14(9-16(15)27-2)17(25)20-10-12-3-5-13(6-4-12)18-23-24-11-21-22-19(24)28-18/h3-9,11H,10H2,1-2H3,(H,20,25). The smallest absolute Gasteiger partial charge is 0.251 e. The van der Waals surface area contributed by atoms with E-state index in [1.165, 1.54) is 18.4 Å². The summed E-state index contributed by atoms with van der Waals surface area (Å²) in [6.07, 6.45) is 1.58. The van der Waals surface area contributed by atoms with Crippen molar-refractivity contribution in [2.75, 3.05) is 14.2 Å². The highest BCUT2D eigenvalue weighted by molar-refractivity contribution is 7.19. The molecule has 28 heavy (non-hydrogen) atoms. The number of benzene rings is 2. The van der Waals surface area contributed by atoms with Gasteiger partial charge >= 0.3 is 0 Å². The zero-order valence-corrected chi connectivity index (χ0v) is 16.1. The number of hydrogen-bond acceptors (Lipinski definition) is 7. The van der Waals surface area contributed by atoms with Crippen LogP contribution in [0.2, 0.25) is 0 Å². The quantitative estimate of drug-likeness (QED) is 0.540. The Bertz CT molecular complexity index is 1090. The van der Waals surface area contributed by atoms with Crippen LogP contribution in [-0.2, 0) is 6.54 Å². The van der Waals surface area contributed by atoms with Crippen molar-refractivity contribution in [3.63, 3.8) is 0 Å². The number of rotatable bonds is 6. The molecule has 0 aliphatic rings. The van der Waals surface area contributed by atoms with Gasteiger partial charge in [-0.15, -0.1) is 10.2 Å². The van der Waals surface area contributed by atoms with Crippen molar-refractivity contribution >= 4 is 22.2 Å². The minimum absolute atomic E-state index is 0.182. The predicted octanol–water partition coefficient (Wildman–Crippen LogP) is 2.80. The van der Waals surface area contributed by atoms with E-state index in [0.29, 0.717) is 23.6 Å². The monoisotopic (exact) mass is 395 g/mol. The number of ether oxygens (including phenoxy) is 2. The van der Waals surface area contributed by atoms with Gasteiger partial charge in [0.05, 0.1) is 14.2 Å². The van der Waals surface area contributed by atoms with Crippen molar-refractivity contribution in [2.24, 2.45) is 0 Å². The summed E-state index contributed by atoms with van der Waals surface area (Å²) in [4.78, 5) is 13.2. The number of nitrogens with zero attached hydrogens (tertiary/aromatic N) is 4. The summed E-state index contributed by atoms with van der Waals surface area (Å²) in [6, 6.07) is 13.0. The molecule has 0 saturated heterocycles. The van der Waals surface area contributed by atoms with Gasteiger partial charge in [0.2, 0.25) is 4.96 Å². The van der Waals surface area contributed by atoms with E-state index < -0.39 is 0 Å². The lowest BCUT2D eigenvalue weighted by molar-refractivity contribution is 0.0950. The van der Waals surface area contributed by atoms with Crippen LogP contribution in [0.15, 0.2) is 48.8 Å². The van der Waals surface area contributed by atoms with Crippen LogP contribution in [0.4, 0.5) is 0 Å². The van der Waals surface area contributed by atoms with E-state index in [-0.39, 0.29) is 5.91 Å². The number of carbonyl (C=O) groups excluding carboxylic acids is 1. The number of carbonyl (C=O) groups is 1. The molecule has 0 unspecified atom stereocenters. The molecule has 2 aromatic carbocycles. The maximum atomic E-state index is 12.4. The van der Waals surface area contributed by atoms with Gasteiger partial charge in [-0.2, -0.15) is 9.61 Å². The van der Waals surface area contributed by atoms with Crippen molar-refractivity contribution in [2.45, 2.75) is 6.54 Å². The molecule has 0 saturated carbocycles. The summed E-state index contributed by atoms with van der Waals surface area (Å²) in [6.45, 7) is 0.415. The first kappa shape index (κ1) is 17.9. The van der Waals surface area contributed by atoms with Crippen molar-refractivity contribution in [3.05, 3.63) is 59.9 Å². The maximum absolute atomic E-state index is 12.4. The van der Waals surface area contributed by atoms with Gasteiger partial charge in [0, 0.05) is 17.7 Å². The minimum Gasteiger partial charge on any atom is -0.493 e. The third kappa shape index (κ3) is 3.52. The molecular weight excluding hydrogens is 378 g/mol. The molecule has 2 heterocycles. The van der Waals surface area contributed by atoms with Crippen LogP contribution in [0, 0.1) is 0 Å². The molecule has 0 bridgehead atoms. The Morgan fingerprint density at radius 1 is 1.11 bits per heavy atom. The largest absolute Gasteiger partial charge is 0.493 e. The fraction of sp³-hybridized carbons (Fsp3) is 0.158. The first-order valence-electron chi connectivity index (χ1n) is 8.44. The fourth-order valence-electron chi connectivity index (χ4n) is 2.70. The van der Waals surface area contributed by atoms with Crippen LogP contribution in [0.1, 0.15) is 15.9 Å². The third-order valence-corrected chi connectivity index (χ3v) is 5.15. The summed E-state index contributed by atoms with van der Waals surface area (Å²) >= 11 is 1.47. The van der Waals surface area contributed by atoms with Gasteiger partial charge in [-0.25, -0.2) is 0 Å².